The quantitative estimate of drug-likeness (QED) is 0.0393. The van der Waals surface area contributed by atoms with Crippen LogP contribution in [0.2, 0.25) is 0 Å². The number of carbonyl (C=O) groups is 8. The minimum atomic E-state index is -4.24. The van der Waals surface area contributed by atoms with Crippen LogP contribution in [0.5, 0.6) is 0 Å². The smallest absolute Gasteiger partial charge is 0.411 e. The Morgan fingerprint density at radius 1 is 0.474 bits per heavy atom. The molecule has 8 N–H and O–H groups in total. The van der Waals surface area contributed by atoms with Gasteiger partial charge in [-0.15, -0.1) is 19.7 Å². The molecular formula is C71H91Br3ClN9O24S6. The first-order valence-corrected chi connectivity index (χ1v) is 47.4. The summed E-state index contributed by atoms with van der Waals surface area (Å²) in [6.45, 7) is 21.3. The lowest BCUT2D eigenvalue weighted by Gasteiger charge is -2.29. The van der Waals surface area contributed by atoms with Gasteiger partial charge in [0.1, 0.15) is 47.0 Å². The molecule has 12 atom stereocenters. The van der Waals surface area contributed by atoms with E-state index in [4.69, 9.17) is 17.3 Å². The average molecular weight is 1920 g/mol. The molecule has 0 aromatic heterocycles. The third-order valence-corrected chi connectivity index (χ3v) is 31.3. The molecule has 0 radical (unpaired) electrons. The first-order chi connectivity index (χ1) is 52.4. The van der Waals surface area contributed by atoms with Crippen molar-refractivity contribution in [3.8, 4) is 0 Å². The molecule has 43 heteroatoms. The molecule has 3 aromatic carbocycles. The van der Waals surface area contributed by atoms with Gasteiger partial charge in [-0.3, -0.25) is 65.2 Å². The van der Waals surface area contributed by atoms with Crippen LogP contribution in [-0.4, -0.2) is 202 Å². The number of carbonyl (C=O) groups excluding carboxylic acids is 8. The Morgan fingerprint density at radius 2 is 0.781 bits per heavy atom. The highest BCUT2D eigenvalue weighted by molar-refractivity contribution is 9.11. The zero-order chi connectivity index (χ0) is 83.4. The summed E-state index contributed by atoms with van der Waals surface area (Å²) < 4.78 is 180. The Bertz CT molecular complexity index is 4800. The number of nitrogens with zero attached hydrogens (tertiary/aromatic N) is 2. The Hall–Kier alpha value is -6.29. The third kappa shape index (κ3) is 22.4. The van der Waals surface area contributed by atoms with Gasteiger partial charge in [-0.2, -0.15) is 25.3 Å². The van der Waals surface area contributed by atoms with E-state index in [9.17, 15) is 88.9 Å². The monoisotopic (exact) mass is 1920 g/mol. The van der Waals surface area contributed by atoms with Crippen LogP contribution >= 0.6 is 47.8 Å². The number of hydrogen-bond donors (Lipinski definition) is 7. The van der Waals surface area contributed by atoms with Gasteiger partial charge in [0.2, 0.25) is 47.8 Å². The molecular weight excluding hydrogens is 1830 g/mol. The number of hydrogen-bond acceptors (Lipinski definition) is 24. The van der Waals surface area contributed by atoms with Crippen molar-refractivity contribution < 1.29 is 124 Å². The Morgan fingerprint density at radius 3 is 1.08 bits per heavy atom. The topological polar surface area (TPSA) is 474 Å². The first-order valence-electron chi connectivity index (χ1n) is 36.1. The maximum Gasteiger partial charge on any atom is 0.411 e. The SMILES string of the molecule is C=CC1C[C@]1(NC(=O)[C@@H]1C[C@H](OS(=O)(=O)c2ccc(Br)cc2)CN1C(=O)CC(C)(C)C)C(=O)NS(=O)(=O)C1CC1.C=CC1C[C@]1(NC(=O)[C@@H]1C[C@H](OS(=O)(=O)c2ccc(Br)cc2)CN1C(=O)OC(C)(C)C)C(=O)NS(=O)(=O)C1CC1.C=CC1C[C@]1(NC(=O)[C@@H]1C[C@H](OS(=O)(=O)c2ccc(Br)cc2)C[NH2+]1)C(=O)NS(=O)(=O)C1CC1.[Cl-]. The molecule has 9 fully saturated rings. The molecule has 9 aliphatic rings. The van der Waals surface area contributed by atoms with Crippen molar-refractivity contribution >= 4 is 156 Å². The van der Waals surface area contributed by atoms with E-state index in [0.29, 0.717) is 47.5 Å². The van der Waals surface area contributed by atoms with Crippen molar-refractivity contribution in [1.82, 2.24) is 39.9 Å². The van der Waals surface area contributed by atoms with Gasteiger partial charge in [0.15, 0.2) is 6.04 Å². The van der Waals surface area contributed by atoms with Gasteiger partial charge in [0.05, 0.1) is 49.2 Å². The highest BCUT2D eigenvalue weighted by atomic mass is 79.9. The lowest BCUT2D eigenvalue weighted by molar-refractivity contribution is -0.659. The number of nitrogens with one attached hydrogen (secondary N) is 6. The largest absolute Gasteiger partial charge is 1.00 e. The number of benzene rings is 3. The highest BCUT2D eigenvalue weighted by Gasteiger charge is 2.65. The number of quaternary nitrogens is 1. The lowest BCUT2D eigenvalue weighted by atomic mass is 9.91. The van der Waals surface area contributed by atoms with Crippen molar-refractivity contribution in [2.75, 3.05) is 19.6 Å². The summed E-state index contributed by atoms with van der Waals surface area (Å²) in [5.41, 5.74) is -5.78. The molecule has 628 valence electrons. The Kier molecular flexibility index (Phi) is 27.8. The number of ether oxygens (including phenoxy) is 1. The van der Waals surface area contributed by atoms with Crippen LogP contribution in [0.15, 0.2) is 139 Å². The molecule has 3 saturated heterocycles. The van der Waals surface area contributed by atoms with Crippen LogP contribution in [0.25, 0.3) is 0 Å². The van der Waals surface area contributed by atoms with Gasteiger partial charge in [0, 0.05) is 63.4 Å². The standard InChI is InChI=1S/C26H34BrN3O8S2.C25H32BrN3O9S2.C20H24BrN3O7S2.ClH/c1-5-16-13-26(16,24(33)29-39(34,35)19-10-11-19)28-23(32)21-12-18(15-30(21)22(31)14-25(2,3)4)38-40(36,37)20-8-6-17(27)7-9-20;1-5-15-13-25(15,22(31)28-39(33,34)18-10-11-18)27-21(30)20-12-17(14-29(20)23(32)37-24(2,3)4)38-40(35,36)19-8-6-16(26)7-9-19;1-2-12-10-20(12,19(26)24-32(27,28)15-7-8-15)23-18(25)17-9-14(11-22-17)31-33(29,30)16-5-3-13(21)4-6-16;/h5-9,16,18-19,21H,1,10-15H2,2-4H3,(H,28,32)(H,29,33);5-9,15,17-18,20H,1,10-14H2,2-4H3,(H,27,30)(H,28,31);2-6,12,14-15,17,22H,1,7-11H2,(H,23,25)(H,24,26);1H/t16?,18-,21-,26+;15?,17-,20-,25+;12?,14-,17-,20+;/m000./s1. The van der Waals surface area contributed by atoms with E-state index in [1.807, 2.05) is 20.8 Å². The normalized spacial score (nSPS) is 27.2. The summed E-state index contributed by atoms with van der Waals surface area (Å²) in [4.78, 5) is 107. The fourth-order valence-corrected chi connectivity index (χ4v) is 21.4. The highest BCUT2D eigenvalue weighted by Crippen LogP contribution is 2.48. The fourth-order valence-electron chi connectivity index (χ4n) is 13.2. The van der Waals surface area contributed by atoms with Crippen LogP contribution in [0.1, 0.15) is 125 Å². The second-order valence-corrected chi connectivity index (χ2v) is 45.0. The molecule has 12 rings (SSSR count). The molecule has 3 unspecified atom stereocenters. The van der Waals surface area contributed by atoms with E-state index in [0.717, 1.165) is 9.37 Å². The summed E-state index contributed by atoms with van der Waals surface area (Å²) in [5.74, 6) is -6.25. The summed E-state index contributed by atoms with van der Waals surface area (Å²) in [5, 5.41) is 7.78. The zero-order valence-electron chi connectivity index (χ0n) is 62.8. The van der Waals surface area contributed by atoms with Crippen molar-refractivity contribution in [2.45, 2.75) is 214 Å². The van der Waals surface area contributed by atoms with Crippen LogP contribution in [0.3, 0.4) is 0 Å². The van der Waals surface area contributed by atoms with Gasteiger partial charge < -0.3 is 43.3 Å². The lowest BCUT2D eigenvalue weighted by Crippen LogP contribution is -3.00. The van der Waals surface area contributed by atoms with Gasteiger partial charge in [0.25, 0.3) is 54.0 Å². The molecule has 0 spiro atoms. The van der Waals surface area contributed by atoms with Crippen LogP contribution in [0.4, 0.5) is 4.79 Å². The average Bonchev–Trinajstić information content (AvgIpc) is 1.58. The summed E-state index contributed by atoms with van der Waals surface area (Å²) in [6, 6.07) is 14.6. The van der Waals surface area contributed by atoms with Crippen molar-refractivity contribution in [1.29, 1.82) is 0 Å². The van der Waals surface area contributed by atoms with E-state index in [1.54, 1.807) is 50.4 Å². The number of nitrogens with two attached hydrogens (primary N) is 1. The van der Waals surface area contributed by atoms with E-state index in [-0.39, 0.29) is 103 Å². The minimum absolute atomic E-state index is 0. The predicted molar refractivity (Wildman–Crippen MR) is 417 cm³/mol. The predicted octanol–water partition coefficient (Wildman–Crippen LogP) is 0.963. The van der Waals surface area contributed by atoms with E-state index in [1.165, 1.54) is 71.7 Å². The minimum Gasteiger partial charge on any atom is -1.00 e. The molecule has 0 bridgehead atoms. The molecule has 3 heterocycles. The molecule has 3 aliphatic heterocycles. The molecule has 8 amide bonds. The fraction of sp³-hybridized carbons (Fsp3) is 0.549. The Balaban J connectivity index is 0.000000196. The van der Waals surface area contributed by atoms with Gasteiger partial charge in [-0.25, -0.2) is 30.0 Å². The van der Waals surface area contributed by atoms with Crippen molar-refractivity contribution in [3.05, 3.63) is 124 Å². The van der Waals surface area contributed by atoms with Gasteiger partial charge >= 0.3 is 6.09 Å². The van der Waals surface area contributed by atoms with Crippen LogP contribution in [-0.2, 0) is 111 Å². The summed E-state index contributed by atoms with van der Waals surface area (Å²) in [7, 11) is -23.9. The first kappa shape index (κ1) is 91.6. The van der Waals surface area contributed by atoms with Crippen LogP contribution < -0.4 is 47.8 Å². The van der Waals surface area contributed by atoms with Gasteiger partial charge in [-0.1, -0.05) is 86.8 Å². The number of amides is 8. The van der Waals surface area contributed by atoms with Crippen molar-refractivity contribution in [2.24, 2.45) is 23.2 Å². The number of halogens is 4. The molecule has 33 nitrogen and oxygen atoms in total. The molecule has 6 aliphatic carbocycles. The van der Waals surface area contributed by atoms with E-state index < -0.39 is 194 Å². The summed E-state index contributed by atoms with van der Waals surface area (Å²) in [6.07, 6.45) is 3.96. The van der Waals surface area contributed by atoms with E-state index >= 15 is 0 Å². The number of sulfonamides is 3. The maximum atomic E-state index is 13.6. The Labute approximate surface area is 694 Å². The molecule has 114 heavy (non-hydrogen) atoms. The number of rotatable bonds is 28. The second-order valence-electron chi connectivity index (χ2n) is 31.7. The molecule has 6 saturated carbocycles. The van der Waals surface area contributed by atoms with E-state index in [2.05, 4.69) is 97.6 Å². The number of likely N-dealkylation sites (tertiary alicyclic amines) is 2. The third-order valence-electron chi connectivity index (χ3n) is 20.1. The van der Waals surface area contributed by atoms with Gasteiger partial charge in [-0.05, 0) is 157 Å². The van der Waals surface area contributed by atoms with Crippen LogP contribution in [0, 0.1) is 23.2 Å². The zero-order valence-corrected chi connectivity index (χ0v) is 73.2. The summed E-state index contributed by atoms with van der Waals surface area (Å²) >= 11 is 9.74. The second kappa shape index (κ2) is 34.6. The molecule has 3 aromatic rings. The van der Waals surface area contributed by atoms with Crippen molar-refractivity contribution in [3.63, 3.8) is 0 Å². The maximum absolute atomic E-state index is 13.6.